The summed E-state index contributed by atoms with van der Waals surface area (Å²) >= 11 is 11.8. The molecule has 0 aliphatic heterocycles. The van der Waals surface area contributed by atoms with E-state index in [0.717, 1.165) is 0 Å². The number of rotatable bonds is 3. The fourth-order valence-electron chi connectivity index (χ4n) is 1.48. The topological polar surface area (TPSA) is 82.8 Å². The van der Waals surface area contributed by atoms with Gasteiger partial charge in [0.15, 0.2) is 5.69 Å². The van der Waals surface area contributed by atoms with Gasteiger partial charge in [0.2, 0.25) is 0 Å². The molecule has 0 atom stereocenters. The number of hydrogen-bond donors (Lipinski definition) is 1. The van der Waals surface area contributed by atoms with E-state index in [9.17, 15) is 8.42 Å². The molecule has 0 amide bonds. The van der Waals surface area contributed by atoms with Crippen molar-refractivity contribution in [3.63, 3.8) is 0 Å². The number of pyridine rings is 1. The molecule has 0 spiro atoms. The molecule has 1 N–H and O–H groups in total. The van der Waals surface area contributed by atoms with Crippen molar-refractivity contribution in [2.24, 2.45) is 0 Å². The Kier molecular flexibility index (Phi) is 4.14. The Balaban J connectivity index is 2.50. The number of halogens is 2. The van der Waals surface area contributed by atoms with Crippen LogP contribution in [0.4, 0.5) is 5.69 Å². The maximum atomic E-state index is 12.3. The lowest BCUT2D eigenvalue weighted by molar-refractivity contribution is 0.600. The van der Waals surface area contributed by atoms with E-state index in [1.807, 2.05) is 0 Å². The predicted octanol–water partition coefficient (Wildman–Crippen LogP) is 3.06. The first-order chi connectivity index (χ1) is 9.45. The molecule has 0 radical (unpaired) electrons. The number of anilines is 1. The van der Waals surface area contributed by atoms with Gasteiger partial charge in [-0.2, -0.15) is 5.26 Å². The summed E-state index contributed by atoms with van der Waals surface area (Å²) in [5, 5.41) is 9.21. The fourth-order valence-corrected chi connectivity index (χ4v) is 3.29. The molecule has 102 valence electrons. The van der Waals surface area contributed by atoms with Crippen molar-refractivity contribution in [1.29, 1.82) is 5.26 Å². The molecule has 0 aliphatic rings. The van der Waals surface area contributed by atoms with Crippen molar-refractivity contribution in [2.45, 2.75) is 4.90 Å². The molecule has 2 aromatic rings. The first-order valence-electron chi connectivity index (χ1n) is 5.27. The van der Waals surface area contributed by atoms with Crippen LogP contribution in [0.15, 0.2) is 41.4 Å². The summed E-state index contributed by atoms with van der Waals surface area (Å²) in [6.07, 6.45) is 1.33. The van der Waals surface area contributed by atoms with Crippen molar-refractivity contribution >= 4 is 38.9 Å². The Hall–Kier alpha value is -1.81. The highest BCUT2D eigenvalue weighted by Gasteiger charge is 2.21. The molecule has 1 aromatic carbocycles. The number of nitrogens with one attached hydrogen (secondary N) is 1. The second kappa shape index (κ2) is 5.67. The summed E-state index contributed by atoms with van der Waals surface area (Å²) < 4.78 is 26.8. The van der Waals surface area contributed by atoms with E-state index in [1.165, 1.54) is 30.5 Å². The maximum Gasteiger partial charge on any atom is 0.264 e. The Labute approximate surface area is 125 Å². The second-order valence-electron chi connectivity index (χ2n) is 3.66. The van der Waals surface area contributed by atoms with Gasteiger partial charge in [-0.3, -0.25) is 4.72 Å². The minimum Gasteiger partial charge on any atom is -0.277 e. The van der Waals surface area contributed by atoms with Crippen LogP contribution in [0.25, 0.3) is 0 Å². The van der Waals surface area contributed by atoms with Crippen LogP contribution in [0.2, 0.25) is 10.0 Å². The summed E-state index contributed by atoms with van der Waals surface area (Å²) in [7, 11) is -4.00. The number of hydrogen-bond acceptors (Lipinski definition) is 4. The van der Waals surface area contributed by atoms with E-state index >= 15 is 0 Å². The zero-order chi connectivity index (χ0) is 14.8. The van der Waals surface area contributed by atoms with Crippen LogP contribution in [0, 0.1) is 11.3 Å². The van der Waals surface area contributed by atoms with Crippen LogP contribution >= 0.6 is 23.2 Å². The van der Waals surface area contributed by atoms with E-state index in [-0.39, 0.29) is 26.3 Å². The molecule has 0 aliphatic carbocycles. The van der Waals surface area contributed by atoms with Gasteiger partial charge in [0, 0.05) is 6.20 Å². The molecule has 0 bridgehead atoms. The van der Waals surface area contributed by atoms with Gasteiger partial charge in [-0.1, -0.05) is 29.3 Å². The predicted molar refractivity (Wildman–Crippen MR) is 76.2 cm³/mol. The molecule has 20 heavy (non-hydrogen) atoms. The van der Waals surface area contributed by atoms with E-state index < -0.39 is 10.0 Å². The number of nitriles is 1. The molecule has 5 nitrogen and oxygen atoms in total. The van der Waals surface area contributed by atoms with Gasteiger partial charge < -0.3 is 0 Å². The highest BCUT2D eigenvalue weighted by Crippen LogP contribution is 2.32. The first-order valence-corrected chi connectivity index (χ1v) is 7.51. The van der Waals surface area contributed by atoms with Crippen LogP contribution in [-0.2, 0) is 10.0 Å². The minimum absolute atomic E-state index is 0.0589. The van der Waals surface area contributed by atoms with Gasteiger partial charge in [-0.15, -0.1) is 0 Å². The molecule has 0 saturated carbocycles. The van der Waals surface area contributed by atoms with E-state index in [1.54, 1.807) is 12.1 Å². The number of nitrogens with zero attached hydrogens (tertiary/aromatic N) is 2. The van der Waals surface area contributed by atoms with Crippen LogP contribution in [0.1, 0.15) is 5.69 Å². The summed E-state index contributed by atoms with van der Waals surface area (Å²) in [5.41, 5.74) is -0.147. The largest absolute Gasteiger partial charge is 0.277 e. The molecule has 1 aromatic heterocycles. The highest BCUT2D eigenvalue weighted by atomic mass is 35.5. The van der Waals surface area contributed by atoms with Crippen molar-refractivity contribution in [3.8, 4) is 6.07 Å². The van der Waals surface area contributed by atoms with Gasteiger partial charge in [0.05, 0.1) is 15.7 Å². The summed E-state index contributed by atoms with van der Waals surface area (Å²) in [4.78, 5) is 3.47. The normalized spacial score (nSPS) is 10.8. The first kappa shape index (κ1) is 14.6. The van der Waals surface area contributed by atoms with Crippen molar-refractivity contribution < 1.29 is 8.42 Å². The molecule has 2 rings (SSSR count). The molecule has 8 heteroatoms. The molecule has 0 saturated heterocycles. The average molecular weight is 328 g/mol. The molecule has 0 fully saturated rings. The molecular weight excluding hydrogens is 321 g/mol. The monoisotopic (exact) mass is 327 g/mol. The Bertz CT molecular complexity index is 780. The smallest absolute Gasteiger partial charge is 0.264 e. The van der Waals surface area contributed by atoms with Crippen LogP contribution < -0.4 is 4.72 Å². The maximum absolute atomic E-state index is 12.3. The van der Waals surface area contributed by atoms with E-state index in [0.29, 0.717) is 0 Å². The van der Waals surface area contributed by atoms with Gasteiger partial charge in [-0.25, -0.2) is 13.4 Å². The number of sulfonamides is 1. The van der Waals surface area contributed by atoms with Gasteiger partial charge in [0.25, 0.3) is 10.0 Å². The minimum atomic E-state index is -4.00. The van der Waals surface area contributed by atoms with E-state index in [4.69, 9.17) is 28.5 Å². The van der Waals surface area contributed by atoms with Crippen LogP contribution in [0.5, 0.6) is 0 Å². The van der Waals surface area contributed by atoms with Crippen molar-refractivity contribution in [3.05, 3.63) is 52.3 Å². The second-order valence-corrected chi connectivity index (χ2v) is 6.13. The SMILES string of the molecule is N#Cc1ncccc1S(=O)(=O)Nc1c(Cl)cccc1Cl. The summed E-state index contributed by atoms with van der Waals surface area (Å²) in [6, 6.07) is 9.01. The zero-order valence-corrected chi connectivity index (χ0v) is 12.2. The third-order valence-corrected chi connectivity index (χ3v) is 4.38. The van der Waals surface area contributed by atoms with Gasteiger partial charge >= 0.3 is 0 Å². The summed E-state index contributed by atoms with van der Waals surface area (Å²) in [6.45, 7) is 0. The molecular formula is C12H7Cl2N3O2S. The highest BCUT2D eigenvalue weighted by molar-refractivity contribution is 7.92. The number of para-hydroxylation sites is 1. The zero-order valence-electron chi connectivity index (χ0n) is 9.84. The van der Waals surface area contributed by atoms with Gasteiger partial charge in [0.1, 0.15) is 11.0 Å². The standard InChI is InChI=1S/C12H7Cl2N3O2S/c13-8-3-1-4-9(14)12(8)17-20(18,19)11-5-2-6-16-10(11)7-15/h1-6,17H. The number of benzene rings is 1. The average Bonchev–Trinajstić information content (AvgIpc) is 2.43. The lowest BCUT2D eigenvalue weighted by Gasteiger charge is -2.11. The fraction of sp³-hybridized carbons (Fsp3) is 0. The third-order valence-electron chi connectivity index (χ3n) is 2.37. The third kappa shape index (κ3) is 2.85. The molecule has 0 unspecified atom stereocenters. The Morgan fingerprint density at radius 3 is 2.40 bits per heavy atom. The van der Waals surface area contributed by atoms with Gasteiger partial charge in [-0.05, 0) is 24.3 Å². The van der Waals surface area contributed by atoms with Crippen molar-refractivity contribution in [2.75, 3.05) is 4.72 Å². The Morgan fingerprint density at radius 2 is 1.80 bits per heavy atom. The Morgan fingerprint density at radius 1 is 1.15 bits per heavy atom. The molecule has 1 heterocycles. The lowest BCUT2D eigenvalue weighted by Crippen LogP contribution is -2.15. The van der Waals surface area contributed by atoms with Crippen molar-refractivity contribution in [1.82, 2.24) is 4.98 Å². The number of aromatic nitrogens is 1. The summed E-state index contributed by atoms with van der Waals surface area (Å²) in [5.74, 6) is 0. The lowest BCUT2D eigenvalue weighted by atomic mass is 10.3. The van der Waals surface area contributed by atoms with Crippen LogP contribution in [0.3, 0.4) is 0 Å². The van der Waals surface area contributed by atoms with Crippen LogP contribution in [-0.4, -0.2) is 13.4 Å². The van der Waals surface area contributed by atoms with E-state index in [2.05, 4.69) is 9.71 Å². The quantitative estimate of drug-likeness (QED) is 0.939.